The molecule has 0 saturated heterocycles. The highest BCUT2D eigenvalue weighted by molar-refractivity contribution is 6.32. The van der Waals surface area contributed by atoms with Crippen LogP contribution in [0.5, 0.6) is 5.75 Å². The number of ether oxygens (including phenoxy) is 1. The van der Waals surface area contributed by atoms with Gasteiger partial charge in [-0.3, -0.25) is 4.98 Å². The molecule has 1 aromatic carbocycles. The predicted molar refractivity (Wildman–Crippen MR) is 101 cm³/mol. The second-order valence-corrected chi connectivity index (χ2v) is 7.64. The Morgan fingerprint density at radius 2 is 2.00 bits per heavy atom. The lowest BCUT2D eigenvalue weighted by atomic mass is 9.92. The fourth-order valence-corrected chi connectivity index (χ4v) is 3.53. The highest BCUT2D eigenvalue weighted by Gasteiger charge is 2.22. The third kappa shape index (κ3) is 4.61. The van der Waals surface area contributed by atoms with Crippen molar-refractivity contribution in [2.75, 3.05) is 6.54 Å². The number of hydrogen-bond acceptors (Lipinski definition) is 3. The molecule has 0 bridgehead atoms. The van der Waals surface area contributed by atoms with E-state index in [-0.39, 0.29) is 6.10 Å². The van der Waals surface area contributed by atoms with E-state index in [1.165, 1.54) is 19.3 Å². The number of aromatic nitrogens is 1. The van der Waals surface area contributed by atoms with E-state index in [9.17, 15) is 0 Å². The first-order chi connectivity index (χ1) is 11.6. The Bertz CT molecular complexity index is 666. The number of hydrogen-bond donors (Lipinski definition) is 1. The molecule has 24 heavy (non-hydrogen) atoms. The second kappa shape index (κ2) is 8.17. The predicted octanol–water partition coefficient (Wildman–Crippen LogP) is 5.21. The van der Waals surface area contributed by atoms with Crippen LogP contribution < -0.4 is 10.1 Å². The third-order valence-corrected chi connectivity index (χ3v) is 5.11. The monoisotopic (exact) mass is 346 g/mol. The van der Waals surface area contributed by atoms with E-state index in [0.717, 1.165) is 41.8 Å². The quantitative estimate of drug-likeness (QED) is 0.779. The fourth-order valence-electron chi connectivity index (χ4n) is 3.32. The number of benzene rings is 1. The van der Waals surface area contributed by atoms with Gasteiger partial charge in [0.1, 0.15) is 5.75 Å². The Kier molecular flexibility index (Phi) is 5.96. The minimum atomic E-state index is 0.268. The summed E-state index contributed by atoms with van der Waals surface area (Å²) in [6.45, 7) is 5.67. The van der Waals surface area contributed by atoms with Crippen molar-refractivity contribution in [3.63, 3.8) is 0 Å². The normalized spacial score (nSPS) is 21.3. The van der Waals surface area contributed by atoms with Gasteiger partial charge in [-0.2, -0.15) is 0 Å². The fraction of sp³-hybridized carbons (Fsp3) is 0.550. The topological polar surface area (TPSA) is 34.1 Å². The van der Waals surface area contributed by atoms with Gasteiger partial charge in [0.2, 0.25) is 0 Å². The Morgan fingerprint density at radius 1 is 1.21 bits per heavy atom. The van der Waals surface area contributed by atoms with Gasteiger partial charge in [-0.05, 0) is 68.2 Å². The van der Waals surface area contributed by atoms with Crippen molar-refractivity contribution in [1.29, 1.82) is 0 Å². The molecule has 0 aliphatic heterocycles. The first kappa shape index (κ1) is 17.5. The van der Waals surface area contributed by atoms with Gasteiger partial charge in [0.25, 0.3) is 0 Å². The molecule has 130 valence electrons. The van der Waals surface area contributed by atoms with Gasteiger partial charge in [0.15, 0.2) is 0 Å². The molecule has 1 heterocycles. The molecule has 2 aromatic rings. The highest BCUT2D eigenvalue weighted by Crippen LogP contribution is 2.32. The summed E-state index contributed by atoms with van der Waals surface area (Å²) in [5.41, 5.74) is 0. The van der Waals surface area contributed by atoms with E-state index in [2.05, 4.69) is 24.1 Å². The van der Waals surface area contributed by atoms with Crippen LogP contribution in [-0.4, -0.2) is 23.7 Å². The average molecular weight is 347 g/mol. The number of fused-ring (bicyclic) bond motifs is 1. The van der Waals surface area contributed by atoms with Crippen LogP contribution >= 0.6 is 11.6 Å². The van der Waals surface area contributed by atoms with Crippen LogP contribution in [0.25, 0.3) is 10.8 Å². The lowest BCUT2D eigenvalue weighted by Crippen LogP contribution is -2.37. The molecule has 3 nitrogen and oxygen atoms in total. The van der Waals surface area contributed by atoms with Gasteiger partial charge in [-0.1, -0.05) is 25.4 Å². The van der Waals surface area contributed by atoms with Gasteiger partial charge in [0, 0.05) is 23.8 Å². The summed E-state index contributed by atoms with van der Waals surface area (Å²) in [7, 11) is 0. The average Bonchev–Trinajstić information content (AvgIpc) is 2.57. The summed E-state index contributed by atoms with van der Waals surface area (Å²) in [6.07, 6.45) is 9.68. The van der Waals surface area contributed by atoms with Crippen LogP contribution in [-0.2, 0) is 0 Å². The summed E-state index contributed by atoms with van der Waals surface area (Å²) < 4.78 is 6.21. The molecule has 1 fully saturated rings. The minimum absolute atomic E-state index is 0.268. The molecule has 1 aliphatic rings. The van der Waals surface area contributed by atoms with Gasteiger partial charge < -0.3 is 10.1 Å². The van der Waals surface area contributed by atoms with Crippen LogP contribution in [0.2, 0.25) is 5.02 Å². The molecule has 0 unspecified atom stereocenters. The van der Waals surface area contributed by atoms with E-state index < -0.39 is 0 Å². The van der Waals surface area contributed by atoms with Crippen LogP contribution in [0, 0.1) is 5.92 Å². The summed E-state index contributed by atoms with van der Waals surface area (Å²) in [5, 5.41) is 6.53. The SMILES string of the molecule is CC(C)CCN[C@H]1CC[C@@H](Oc2cc3ccncc3cc2Cl)CC1. The number of nitrogens with zero attached hydrogens (tertiary/aromatic N) is 1. The van der Waals surface area contributed by atoms with E-state index in [1.807, 2.05) is 24.4 Å². The molecule has 0 radical (unpaired) electrons. The highest BCUT2D eigenvalue weighted by atomic mass is 35.5. The summed E-state index contributed by atoms with van der Waals surface area (Å²) in [4.78, 5) is 4.14. The first-order valence-electron chi connectivity index (χ1n) is 9.05. The first-order valence-corrected chi connectivity index (χ1v) is 9.43. The molecule has 1 aliphatic carbocycles. The standard InChI is InChI=1S/C20H27ClN2O/c1-14(2)7-10-23-17-3-5-18(6-4-17)24-20-12-15-8-9-22-13-16(15)11-19(20)21/h8-9,11-14,17-18,23H,3-7,10H2,1-2H3/t17-,18+. The smallest absolute Gasteiger partial charge is 0.138 e. The molecule has 1 aromatic heterocycles. The summed E-state index contributed by atoms with van der Waals surface area (Å²) in [6, 6.07) is 6.61. The zero-order valence-electron chi connectivity index (χ0n) is 14.6. The molecule has 1 N–H and O–H groups in total. The maximum atomic E-state index is 6.38. The largest absolute Gasteiger partial charge is 0.489 e. The van der Waals surface area contributed by atoms with Crippen molar-refractivity contribution in [1.82, 2.24) is 10.3 Å². The molecular formula is C20H27ClN2O. The Morgan fingerprint density at radius 3 is 2.75 bits per heavy atom. The Hall–Kier alpha value is -1.32. The molecule has 4 heteroatoms. The minimum Gasteiger partial charge on any atom is -0.489 e. The van der Waals surface area contributed by atoms with Crippen molar-refractivity contribution >= 4 is 22.4 Å². The molecule has 0 atom stereocenters. The maximum Gasteiger partial charge on any atom is 0.138 e. The van der Waals surface area contributed by atoms with Crippen LogP contribution in [0.1, 0.15) is 46.0 Å². The van der Waals surface area contributed by atoms with E-state index in [1.54, 1.807) is 6.20 Å². The lowest BCUT2D eigenvalue weighted by Gasteiger charge is -2.30. The van der Waals surface area contributed by atoms with Crippen LogP contribution in [0.3, 0.4) is 0 Å². The van der Waals surface area contributed by atoms with Crippen molar-refractivity contribution in [3.8, 4) is 5.75 Å². The van der Waals surface area contributed by atoms with Crippen molar-refractivity contribution in [2.24, 2.45) is 5.92 Å². The van der Waals surface area contributed by atoms with Crippen molar-refractivity contribution in [2.45, 2.75) is 58.1 Å². The number of nitrogens with one attached hydrogen (secondary N) is 1. The van der Waals surface area contributed by atoms with Crippen LogP contribution in [0.4, 0.5) is 0 Å². The molecule has 0 spiro atoms. The van der Waals surface area contributed by atoms with Gasteiger partial charge in [-0.15, -0.1) is 0 Å². The Balaban J connectivity index is 1.53. The van der Waals surface area contributed by atoms with Crippen molar-refractivity contribution in [3.05, 3.63) is 35.6 Å². The maximum absolute atomic E-state index is 6.38. The molecule has 0 amide bonds. The van der Waals surface area contributed by atoms with Crippen molar-refractivity contribution < 1.29 is 4.74 Å². The lowest BCUT2D eigenvalue weighted by molar-refractivity contribution is 0.139. The number of pyridine rings is 1. The van der Waals surface area contributed by atoms with Gasteiger partial charge in [-0.25, -0.2) is 0 Å². The van der Waals surface area contributed by atoms with E-state index >= 15 is 0 Å². The molecular weight excluding hydrogens is 320 g/mol. The molecule has 1 saturated carbocycles. The van der Waals surface area contributed by atoms with E-state index in [4.69, 9.17) is 16.3 Å². The number of rotatable bonds is 6. The van der Waals surface area contributed by atoms with Gasteiger partial charge >= 0.3 is 0 Å². The van der Waals surface area contributed by atoms with Crippen LogP contribution in [0.15, 0.2) is 30.6 Å². The second-order valence-electron chi connectivity index (χ2n) is 7.23. The van der Waals surface area contributed by atoms with Gasteiger partial charge in [0.05, 0.1) is 11.1 Å². The zero-order chi connectivity index (χ0) is 16.9. The number of halogens is 1. The molecule has 3 rings (SSSR count). The summed E-state index contributed by atoms with van der Waals surface area (Å²) in [5.74, 6) is 1.56. The van der Waals surface area contributed by atoms with E-state index in [0.29, 0.717) is 11.1 Å². The summed E-state index contributed by atoms with van der Waals surface area (Å²) >= 11 is 6.38. The Labute approximate surface area is 149 Å². The third-order valence-electron chi connectivity index (χ3n) is 4.81. The zero-order valence-corrected chi connectivity index (χ0v) is 15.4.